The van der Waals surface area contributed by atoms with Crippen molar-refractivity contribution in [3.63, 3.8) is 0 Å². The molecule has 0 aromatic heterocycles. The SMILES string of the molecule is COC(=O)c1cccc(-c2cccc(C(=O)N[C@@H]3CCCC[C@@H]3C(=O)N3CC[C@](O)(c4ccc(Cl)cc4)C(C)(C)C3)c2)c1. The fourth-order valence-electron chi connectivity index (χ4n) is 6.64. The molecule has 5 rings (SSSR count). The van der Waals surface area contributed by atoms with E-state index in [9.17, 15) is 19.5 Å². The van der Waals surface area contributed by atoms with Crippen molar-refractivity contribution in [3.8, 4) is 11.1 Å². The van der Waals surface area contributed by atoms with Gasteiger partial charge in [0, 0.05) is 35.1 Å². The summed E-state index contributed by atoms with van der Waals surface area (Å²) in [6, 6.07) is 21.4. The zero-order valence-electron chi connectivity index (χ0n) is 24.9. The molecule has 1 heterocycles. The molecule has 7 nitrogen and oxygen atoms in total. The second-order valence-electron chi connectivity index (χ2n) is 12.4. The summed E-state index contributed by atoms with van der Waals surface area (Å²) in [5, 5.41) is 15.5. The zero-order chi connectivity index (χ0) is 30.8. The van der Waals surface area contributed by atoms with Crippen LogP contribution in [0.4, 0.5) is 0 Å². The summed E-state index contributed by atoms with van der Waals surface area (Å²) in [7, 11) is 1.34. The Labute approximate surface area is 258 Å². The van der Waals surface area contributed by atoms with Crippen molar-refractivity contribution in [1.82, 2.24) is 10.2 Å². The summed E-state index contributed by atoms with van der Waals surface area (Å²) in [6.45, 7) is 4.84. The summed E-state index contributed by atoms with van der Waals surface area (Å²) >= 11 is 6.08. The van der Waals surface area contributed by atoms with Crippen molar-refractivity contribution in [2.75, 3.05) is 20.2 Å². The molecular weight excluding hydrogens is 564 g/mol. The Hall–Kier alpha value is -3.68. The predicted octanol–water partition coefficient (Wildman–Crippen LogP) is 6.23. The molecule has 3 aromatic carbocycles. The first-order valence-corrected chi connectivity index (χ1v) is 15.3. The molecule has 8 heteroatoms. The van der Waals surface area contributed by atoms with Gasteiger partial charge in [-0.15, -0.1) is 0 Å². The van der Waals surface area contributed by atoms with Crippen molar-refractivity contribution in [1.29, 1.82) is 0 Å². The number of amides is 2. The van der Waals surface area contributed by atoms with Crippen molar-refractivity contribution >= 4 is 29.4 Å². The van der Waals surface area contributed by atoms with E-state index in [0.29, 0.717) is 42.1 Å². The molecule has 3 aromatic rings. The molecular formula is C35H39ClN2O5. The molecule has 2 amide bonds. The Morgan fingerprint density at radius 1 is 0.930 bits per heavy atom. The maximum atomic E-state index is 14.0. The van der Waals surface area contributed by atoms with Gasteiger partial charge in [-0.25, -0.2) is 4.79 Å². The lowest BCUT2D eigenvalue weighted by molar-refractivity contribution is -0.158. The van der Waals surface area contributed by atoms with E-state index in [1.807, 2.05) is 49.1 Å². The van der Waals surface area contributed by atoms with Crippen LogP contribution in [0.2, 0.25) is 5.02 Å². The third kappa shape index (κ3) is 6.34. The molecule has 2 fully saturated rings. The van der Waals surface area contributed by atoms with Crippen LogP contribution in [0.3, 0.4) is 0 Å². The van der Waals surface area contributed by atoms with Crippen molar-refractivity contribution in [2.24, 2.45) is 11.3 Å². The highest BCUT2D eigenvalue weighted by Gasteiger charge is 2.50. The summed E-state index contributed by atoms with van der Waals surface area (Å²) in [4.78, 5) is 41.3. The Bertz CT molecular complexity index is 1500. The minimum absolute atomic E-state index is 0.0320. The Morgan fingerprint density at radius 3 is 2.21 bits per heavy atom. The third-order valence-electron chi connectivity index (χ3n) is 9.22. The fraction of sp³-hybridized carbons (Fsp3) is 0.400. The van der Waals surface area contributed by atoms with Crippen LogP contribution in [0.25, 0.3) is 11.1 Å². The maximum Gasteiger partial charge on any atom is 0.337 e. The first-order valence-electron chi connectivity index (χ1n) is 14.9. The quantitative estimate of drug-likeness (QED) is 0.326. The summed E-state index contributed by atoms with van der Waals surface area (Å²) in [5.41, 5.74) is 1.66. The second kappa shape index (κ2) is 12.5. The molecule has 3 atom stereocenters. The van der Waals surface area contributed by atoms with Gasteiger partial charge in [-0.1, -0.05) is 74.7 Å². The minimum atomic E-state index is -1.09. The van der Waals surface area contributed by atoms with Gasteiger partial charge in [0.1, 0.15) is 0 Å². The predicted molar refractivity (Wildman–Crippen MR) is 167 cm³/mol. The highest BCUT2D eigenvalue weighted by Crippen LogP contribution is 2.46. The Morgan fingerprint density at radius 2 is 1.56 bits per heavy atom. The molecule has 0 bridgehead atoms. The molecule has 2 aliphatic rings. The number of hydrogen-bond donors (Lipinski definition) is 2. The number of nitrogens with one attached hydrogen (secondary N) is 1. The molecule has 1 aliphatic carbocycles. The van der Waals surface area contributed by atoms with E-state index < -0.39 is 17.0 Å². The van der Waals surface area contributed by atoms with Gasteiger partial charge in [-0.2, -0.15) is 0 Å². The van der Waals surface area contributed by atoms with E-state index in [4.69, 9.17) is 16.3 Å². The van der Waals surface area contributed by atoms with Gasteiger partial charge < -0.3 is 20.1 Å². The van der Waals surface area contributed by atoms with Crippen molar-refractivity contribution < 1.29 is 24.2 Å². The van der Waals surface area contributed by atoms with Crippen LogP contribution in [0.5, 0.6) is 0 Å². The number of rotatable bonds is 6. The molecule has 1 saturated heterocycles. The summed E-state index contributed by atoms with van der Waals surface area (Å²) in [5.74, 6) is -0.943. The lowest BCUT2D eigenvalue weighted by Gasteiger charge is -2.51. The van der Waals surface area contributed by atoms with Crippen LogP contribution < -0.4 is 5.32 Å². The summed E-state index contributed by atoms with van der Waals surface area (Å²) < 4.78 is 4.84. The van der Waals surface area contributed by atoms with E-state index >= 15 is 0 Å². The summed E-state index contributed by atoms with van der Waals surface area (Å²) in [6.07, 6.45) is 3.73. The number of methoxy groups -OCH3 is 1. The van der Waals surface area contributed by atoms with Gasteiger partial charge in [-0.05, 0) is 72.4 Å². The van der Waals surface area contributed by atoms with Gasteiger partial charge in [0.05, 0.1) is 24.2 Å². The van der Waals surface area contributed by atoms with E-state index in [-0.39, 0.29) is 23.8 Å². The highest BCUT2D eigenvalue weighted by atomic mass is 35.5. The van der Waals surface area contributed by atoms with Gasteiger partial charge >= 0.3 is 5.97 Å². The minimum Gasteiger partial charge on any atom is -0.465 e. The number of likely N-dealkylation sites (tertiary alicyclic amines) is 1. The molecule has 1 saturated carbocycles. The van der Waals surface area contributed by atoms with Crippen LogP contribution >= 0.6 is 11.6 Å². The number of aliphatic hydroxyl groups is 1. The molecule has 0 spiro atoms. The number of hydrogen-bond acceptors (Lipinski definition) is 5. The monoisotopic (exact) mass is 602 g/mol. The number of halogens is 1. The number of benzene rings is 3. The molecule has 226 valence electrons. The smallest absolute Gasteiger partial charge is 0.337 e. The normalized spacial score (nSPS) is 23.3. The molecule has 2 N–H and O–H groups in total. The Balaban J connectivity index is 1.29. The molecule has 43 heavy (non-hydrogen) atoms. The van der Waals surface area contributed by atoms with Crippen LogP contribution in [-0.4, -0.2) is 54.0 Å². The number of ether oxygens (including phenoxy) is 1. The van der Waals surface area contributed by atoms with Gasteiger partial charge in [0.15, 0.2) is 0 Å². The van der Waals surface area contributed by atoms with Crippen LogP contribution in [-0.2, 0) is 15.1 Å². The molecule has 1 aliphatic heterocycles. The topological polar surface area (TPSA) is 95.9 Å². The lowest BCUT2D eigenvalue weighted by Crippen LogP contribution is -2.59. The molecule has 0 radical (unpaired) electrons. The largest absolute Gasteiger partial charge is 0.465 e. The highest BCUT2D eigenvalue weighted by molar-refractivity contribution is 6.30. The second-order valence-corrected chi connectivity index (χ2v) is 12.8. The Kier molecular flexibility index (Phi) is 8.95. The average molecular weight is 603 g/mol. The van der Waals surface area contributed by atoms with Gasteiger partial charge in [0.2, 0.25) is 5.91 Å². The number of piperidine rings is 1. The van der Waals surface area contributed by atoms with E-state index in [2.05, 4.69) is 5.32 Å². The van der Waals surface area contributed by atoms with Crippen molar-refractivity contribution in [2.45, 2.75) is 57.6 Å². The standard InChI is InChI=1S/C35H39ClN2O5/c1-34(2)22-38(19-18-35(34,42)27-14-16-28(36)17-15-27)32(40)29-12-4-5-13-30(29)37-31(39)25-10-6-8-23(20-25)24-9-7-11-26(21-24)33(41)43-3/h6-11,14-17,20-21,29-30,42H,4-5,12-13,18-19,22H2,1-3H3,(H,37,39)/t29-,30+,35-/m0/s1. The number of carbonyl (C=O) groups is 3. The maximum absolute atomic E-state index is 14.0. The number of carbonyl (C=O) groups excluding carboxylic acids is 3. The van der Waals surface area contributed by atoms with E-state index in [1.165, 1.54) is 7.11 Å². The van der Waals surface area contributed by atoms with Crippen LogP contribution in [0.1, 0.15) is 72.2 Å². The first-order chi connectivity index (χ1) is 20.5. The number of esters is 1. The first kappa shape index (κ1) is 30.8. The lowest BCUT2D eigenvalue weighted by atomic mass is 9.66. The van der Waals surface area contributed by atoms with Crippen molar-refractivity contribution in [3.05, 3.63) is 94.5 Å². The van der Waals surface area contributed by atoms with E-state index in [0.717, 1.165) is 36.0 Å². The number of nitrogens with zero attached hydrogens (tertiary/aromatic N) is 1. The van der Waals surface area contributed by atoms with Crippen LogP contribution in [0, 0.1) is 11.3 Å². The molecule has 0 unspecified atom stereocenters. The third-order valence-corrected chi connectivity index (χ3v) is 9.48. The van der Waals surface area contributed by atoms with Gasteiger partial charge in [0.25, 0.3) is 5.91 Å². The van der Waals surface area contributed by atoms with Crippen LogP contribution in [0.15, 0.2) is 72.8 Å². The zero-order valence-corrected chi connectivity index (χ0v) is 25.7. The average Bonchev–Trinajstić information content (AvgIpc) is 3.02. The fourth-order valence-corrected chi connectivity index (χ4v) is 6.77. The van der Waals surface area contributed by atoms with Gasteiger partial charge in [-0.3, -0.25) is 9.59 Å². The van der Waals surface area contributed by atoms with E-state index in [1.54, 1.807) is 42.5 Å².